The zero-order chi connectivity index (χ0) is 17.9. The van der Waals surface area contributed by atoms with Gasteiger partial charge in [-0.2, -0.15) is 0 Å². The Morgan fingerprint density at radius 1 is 0.962 bits per heavy atom. The first-order chi connectivity index (χ1) is 12.8. The van der Waals surface area contributed by atoms with Crippen LogP contribution in [0.5, 0.6) is 0 Å². The molecular weight excluding hydrogens is 322 g/mol. The quantitative estimate of drug-likeness (QED) is 0.780. The Morgan fingerprint density at radius 3 is 2.46 bits per heavy atom. The van der Waals surface area contributed by atoms with Gasteiger partial charge in [-0.25, -0.2) is 9.97 Å². The van der Waals surface area contributed by atoms with Gasteiger partial charge in [0.15, 0.2) is 0 Å². The zero-order valence-electron chi connectivity index (χ0n) is 15.4. The number of pyridine rings is 1. The van der Waals surface area contributed by atoms with Crippen LogP contribution in [0.2, 0.25) is 0 Å². The second-order valence-electron chi connectivity index (χ2n) is 7.07. The van der Waals surface area contributed by atoms with Crippen molar-refractivity contribution in [3.8, 4) is 11.1 Å². The van der Waals surface area contributed by atoms with E-state index in [4.69, 9.17) is 0 Å². The third-order valence-electron chi connectivity index (χ3n) is 5.61. The van der Waals surface area contributed by atoms with Crippen LogP contribution in [-0.4, -0.2) is 41.1 Å². The molecule has 134 valence electrons. The fourth-order valence-corrected chi connectivity index (χ4v) is 3.97. The Labute approximate surface area is 154 Å². The van der Waals surface area contributed by atoms with E-state index < -0.39 is 0 Å². The summed E-state index contributed by atoms with van der Waals surface area (Å²) in [6.45, 7) is 0. The fourth-order valence-electron chi connectivity index (χ4n) is 3.97. The van der Waals surface area contributed by atoms with Crippen molar-refractivity contribution in [2.45, 2.75) is 37.8 Å². The van der Waals surface area contributed by atoms with Crippen LogP contribution in [-0.2, 0) is 0 Å². The van der Waals surface area contributed by atoms with Crippen molar-refractivity contribution in [1.82, 2.24) is 20.3 Å². The monoisotopic (exact) mass is 347 g/mol. The number of benzene rings is 1. The second-order valence-corrected chi connectivity index (χ2v) is 7.07. The van der Waals surface area contributed by atoms with Crippen LogP contribution >= 0.6 is 0 Å². The number of nitrogens with one attached hydrogen (secondary N) is 1. The summed E-state index contributed by atoms with van der Waals surface area (Å²) in [4.78, 5) is 15.6. The van der Waals surface area contributed by atoms with Crippen molar-refractivity contribution < 1.29 is 0 Å². The van der Waals surface area contributed by atoms with Gasteiger partial charge in [0, 0.05) is 36.9 Å². The molecule has 1 aromatic carbocycles. The number of hydrogen-bond acceptors (Lipinski definition) is 5. The molecule has 1 fully saturated rings. The molecule has 0 spiro atoms. The Morgan fingerprint density at radius 2 is 1.73 bits per heavy atom. The number of hydrogen-bond donors (Lipinski definition) is 1. The van der Waals surface area contributed by atoms with Crippen molar-refractivity contribution in [3.63, 3.8) is 0 Å². The molecular formula is C21H25N5. The summed E-state index contributed by atoms with van der Waals surface area (Å²) in [6, 6.07) is 11.7. The van der Waals surface area contributed by atoms with E-state index in [0.29, 0.717) is 12.1 Å². The van der Waals surface area contributed by atoms with Crippen LogP contribution < -0.4 is 10.2 Å². The molecule has 1 saturated carbocycles. The van der Waals surface area contributed by atoms with Crippen LogP contribution in [0.15, 0.2) is 49.1 Å². The van der Waals surface area contributed by atoms with Gasteiger partial charge in [-0.1, -0.05) is 6.07 Å². The van der Waals surface area contributed by atoms with Crippen LogP contribution in [0.1, 0.15) is 25.7 Å². The lowest BCUT2D eigenvalue weighted by atomic mass is 9.90. The number of fused-ring (bicyclic) bond motifs is 1. The fraction of sp³-hybridized carbons (Fsp3) is 0.381. The number of anilines is 1. The van der Waals surface area contributed by atoms with E-state index >= 15 is 0 Å². The third kappa shape index (κ3) is 3.27. The Hall–Kier alpha value is -2.53. The van der Waals surface area contributed by atoms with Crippen molar-refractivity contribution >= 4 is 16.7 Å². The average molecular weight is 347 g/mol. The lowest BCUT2D eigenvalue weighted by molar-refractivity contribution is 0.351. The Balaban J connectivity index is 1.68. The maximum absolute atomic E-state index is 4.64. The van der Waals surface area contributed by atoms with E-state index in [1.165, 1.54) is 31.2 Å². The van der Waals surface area contributed by atoms with Crippen LogP contribution in [0.3, 0.4) is 0 Å². The predicted octanol–water partition coefficient (Wildman–Crippen LogP) is 3.66. The number of rotatable bonds is 4. The van der Waals surface area contributed by atoms with E-state index in [1.54, 1.807) is 6.33 Å². The molecule has 0 bridgehead atoms. The van der Waals surface area contributed by atoms with Crippen molar-refractivity contribution in [2.24, 2.45) is 0 Å². The normalized spacial score (nSPS) is 20.2. The highest BCUT2D eigenvalue weighted by Crippen LogP contribution is 2.31. The van der Waals surface area contributed by atoms with Gasteiger partial charge in [-0.15, -0.1) is 0 Å². The van der Waals surface area contributed by atoms with Crippen LogP contribution in [0.25, 0.3) is 22.0 Å². The molecule has 1 aliphatic carbocycles. The molecule has 0 unspecified atom stereocenters. The van der Waals surface area contributed by atoms with Gasteiger partial charge in [0.2, 0.25) is 0 Å². The molecule has 5 nitrogen and oxygen atoms in total. The Bertz CT molecular complexity index is 872. The summed E-state index contributed by atoms with van der Waals surface area (Å²) in [7, 11) is 4.23. The first-order valence-electron chi connectivity index (χ1n) is 9.31. The molecule has 0 saturated heterocycles. The van der Waals surface area contributed by atoms with Crippen molar-refractivity contribution in [3.05, 3.63) is 49.1 Å². The van der Waals surface area contributed by atoms with Gasteiger partial charge >= 0.3 is 0 Å². The zero-order valence-corrected chi connectivity index (χ0v) is 15.4. The maximum atomic E-state index is 4.64. The lowest BCUT2D eigenvalue weighted by Gasteiger charge is -2.35. The molecule has 0 aliphatic heterocycles. The first-order valence-corrected chi connectivity index (χ1v) is 9.31. The minimum absolute atomic E-state index is 0.530. The lowest BCUT2D eigenvalue weighted by Crippen LogP contribution is -2.40. The highest BCUT2D eigenvalue weighted by atomic mass is 15.2. The van der Waals surface area contributed by atoms with Gasteiger partial charge < -0.3 is 10.2 Å². The van der Waals surface area contributed by atoms with Crippen molar-refractivity contribution in [1.29, 1.82) is 0 Å². The van der Waals surface area contributed by atoms with Gasteiger partial charge in [0.25, 0.3) is 0 Å². The smallest absolute Gasteiger partial charge is 0.139 e. The summed E-state index contributed by atoms with van der Waals surface area (Å²) in [5, 5.41) is 4.52. The summed E-state index contributed by atoms with van der Waals surface area (Å²) >= 11 is 0. The highest BCUT2D eigenvalue weighted by Gasteiger charge is 2.25. The topological polar surface area (TPSA) is 53.9 Å². The second kappa shape index (κ2) is 7.38. The summed E-state index contributed by atoms with van der Waals surface area (Å²) in [6.07, 6.45) is 10.2. The maximum Gasteiger partial charge on any atom is 0.139 e. The molecule has 26 heavy (non-hydrogen) atoms. The van der Waals surface area contributed by atoms with E-state index in [9.17, 15) is 0 Å². The summed E-state index contributed by atoms with van der Waals surface area (Å²) in [5.74, 6) is 1.03. The summed E-state index contributed by atoms with van der Waals surface area (Å²) in [5.41, 5.74) is 3.32. The molecule has 4 rings (SSSR count). The van der Waals surface area contributed by atoms with Crippen molar-refractivity contribution in [2.75, 3.05) is 19.0 Å². The molecule has 5 heteroatoms. The molecule has 1 N–H and O–H groups in total. The molecule has 2 heterocycles. The highest BCUT2D eigenvalue weighted by molar-refractivity contribution is 5.92. The SMILES string of the molecule is CNC1CCC(N(C)c2ncnc3ccc(-c4ccncc4)cc23)CC1. The minimum atomic E-state index is 0.530. The van der Waals surface area contributed by atoms with Crippen LogP contribution in [0.4, 0.5) is 5.82 Å². The number of nitrogens with zero attached hydrogens (tertiary/aromatic N) is 4. The molecule has 0 atom stereocenters. The first kappa shape index (κ1) is 16.9. The van der Waals surface area contributed by atoms with E-state index in [2.05, 4.69) is 57.5 Å². The molecule has 0 radical (unpaired) electrons. The van der Waals surface area contributed by atoms with Gasteiger partial charge in [0.05, 0.1) is 5.52 Å². The van der Waals surface area contributed by atoms with E-state index in [0.717, 1.165) is 22.3 Å². The molecule has 3 aromatic rings. The largest absolute Gasteiger partial charge is 0.356 e. The van der Waals surface area contributed by atoms with Gasteiger partial charge in [-0.05, 0) is 68.1 Å². The van der Waals surface area contributed by atoms with Gasteiger partial charge in [-0.3, -0.25) is 4.98 Å². The predicted molar refractivity (Wildman–Crippen MR) is 106 cm³/mol. The number of aromatic nitrogens is 3. The minimum Gasteiger partial charge on any atom is -0.356 e. The Kier molecular flexibility index (Phi) is 4.80. The summed E-state index contributed by atoms with van der Waals surface area (Å²) < 4.78 is 0. The van der Waals surface area contributed by atoms with Crippen LogP contribution in [0, 0.1) is 0 Å². The van der Waals surface area contributed by atoms with Gasteiger partial charge in [0.1, 0.15) is 12.1 Å². The third-order valence-corrected chi connectivity index (χ3v) is 5.61. The average Bonchev–Trinajstić information content (AvgIpc) is 2.73. The molecule has 1 aliphatic rings. The standard InChI is InChI=1S/C21H25N5/c1-22-17-4-6-18(7-5-17)26(2)21-19-13-16(15-9-11-23-12-10-15)3-8-20(19)24-14-25-21/h3,8-14,17-18,22H,4-7H2,1-2H3. The van der Waals surface area contributed by atoms with E-state index in [-0.39, 0.29) is 0 Å². The molecule has 0 amide bonds. The molecule has 2 aromatic heterocycles. The van der Waals surface area contributed by atoms with E-state index in [1.807, 2.05) is 24.5 Å².